The molecule has 0 bridgehead atoms. The minimum Gasteiger partial charge on any atom is -0.493 e. The van der Waals surface area contributed by atoms with E-state index in [9.17, 15) is 8.42 Å². The Hall–Kier alpha value is -3.30. The minimum atomic E-state index is -3.65. The standard InChI is InChI=1S/C22H23N3O4S2/c1-15-4-11-19(12-5-15)31(26,27)25-17-8-6-16(7-9-17)23-22(30)24-18-10-13-20(28-2)21(14-18)29-3/h4-14,25H,1-3H3,(H2,23,24,30). The highest BCUT2D eigenvalue weighted by Gasteiger charge is 2.13. The normalized spacial score (nSPS) is 10.8. The van der Waals surface area contributed by atoms with Gasteiger partial charge in [0, 0.05) is 23.1 Å². The Bertz CT molecular complexity index is 1160. The van der Waals surface area contributed by atoms with Gasteiger partial charge in [0.15, 0.2) is 16.6 Å². The summed E-state index contributed by atoms with van der Waals surface area (Å²) in [6, 6.07) is 18.8. The molecule has 0 spiro atoms. The summed E-state index contributed by atoms with van der Waals surface area (Å²) in [6.07, 6.45) is 0. The number of thiocarbonyl (C=S) groups is 1. The van der Waals surface area contributed by atoms with Crippen LogP contribution in [0.15, 0.2) is 71.6 Å². The third kappa shape index (κ3) is 5.87. The van der Waals surface area contributed by atoms with E-state index in [1.807, 2.05) is 13.0 Å². The minimum absolute atomic E-state index is 0.209. The summed E-state index contributed by atoms with van der Waals surface area (Å²) < 4.78 is 38.1. The lowest BCUT2D eigenvalue weighted by atomic mass is 10.2. The summed E-state index contributed by atoms with van der Waals surface area (Å²) in [5, 5.41) is 6.50. The molecular formula is C22H23N3O4S2. The average Bonchev–Trinajstić information content (AvgIpc) is 2.75. The maximum atomic E-state index is 12.5. The number of rotatable bonds is 7. The van der Waals surface area contributed by atoms with E-state index in [1.165, 1.54) is 0 Å². The Morgan fingerprint density at radius 1 is 0.774 bits per heavy atom. The van der Waals surface area contributed by atoms with Crippen LogP contribution in [0.5, 0.6) is 11.5 Å². The van der Waals surface area contributed by atoms with Crippen molar-refractivity contribution in [3.8, 4) is 11.5 Å². The van der Waals surface area contributed by atoms with Crippen LogP contribution >= 0.6 is 12.2 Å². The summed E-state index contributed by atoms with van der Waals surface area (Å²) in [7, 11) is -0.516. The quantitative estimate of drug-likeness (QED) is 0.446. The monoisotopic (exact) mass is 457 g/mol. The number of anilines is 3. The Balaban J connectivity index is 1.62. The second kappa shape index (κ2) is 9.67. The van der Waals surface area contributed by atoms with Gasteiger partial charge < -0.3 is 20.1 Å². The molecule has 31 heavy (non-hydrogen) atoms. The van der Waals surface area contributed by atoms with Crippen molar-refractivity contribution in [1.82, 2.24) is 0 Å². The second-order valence-electron chi connectivity index (χ2n) is 6.64. The molecule has 0 amide bonds. The highest BCUT2D eigenvalue weighted by Crippen LogP contribution is 2.29. The first-order valence-electron chi connectivity index (χ1n) is 9.30. The lowest BCUT2D eigenvalue weighted by Gasteiger charge is -2.14. The molecule has 0 fully saturated rings. The summed E-state index contributed by atoms with van der Waals surface area (Å²) in [6.45, 7) is 1.90. The van der Waals surface area contributed by atoms with Gasteiger partial charge in [0.2, 0.25) is 0 Å². The van der Waals surface area contributed by atoms with E-state index < -0.39 is 10.0 Å². The number of hydrogen-bond acceptors (Lipinski definition) is 5. The first kappa shape index (κ1) is 22.4. The van der Waals surface area contributed by atoms with Crippen LogP contribution in [-0.2, 0) is 10.0 Å². The Morgan fingerprint density at radius 2 is 1.32 bits per heavy atom. The zero-order chi connectivity index (χ0) is 22.4. The van der Waals surface area contributed by atoms with E-state index in [1.54, 1.807) is 74.9 Å². The molecule has 0 saturated heterocycles. The molecule has 0 unspecified atom stereocenters. The fourth-order valence-corrected chi connectivity index (χ4v) is 4.05. The van der Waals surface area contributed by atoms with Crippen molar-refractivity contribution in [3.63, 3.8) is 0 Å². The van der Waals surface area contributed by atoms with Gasteiger partial charge in [0.05, 0.1) is 19.1 Å². The molecule has 7 nitrogen and oxygen atoms in total. The molecule has 3 aromatic rings. The van der Waals surface area contributed by atoms with E-state index in [-0.39, 0.29) is 4.90 Å². The first-order valence-corrected chi connectivity index (χ1v) is 11.2. The highest BCUT2D eigenvalue weighted by atomic mass is 32.2. The first-order chi connectivity index (χ1) is 14.8. The van der Waals surface area contributed by atoms with Crippen LogP contribution in [0.25, 0.3) is 0 Å². The van der Waals surface area contributed by atoms with Gasteiger partial charge >= 0.3 is 0 Å². The molecule has 0 saturated carbocycles. The average molecular weight is 458 g/mol. The maximum absolute atomic E-state index is 12.5. The molecule has 3 N–H and O–H groups in total. The summed E-state index contributed by atoms with van der Waals surface area (Å²) in [5.41, 5.74) is 2.88. The predicted molar refractivity (Wildman–Crippen MR) is 128 cm³/mol. The summed E-state index contributed by atoms with van der Waals surface area (Å²) in [4.78, 5) is 0.209. The van der Waals surface area contributed by atoms with Gasteiger partial charge in [-0.2, -0.15) is 0 Å². The molecule has 0 atom stereocenters. The Kier molecular flexibility index (Phi) is 6.98. The molecule has 162 valence electrons. The summed E-state index contributed by atoms with van der Waals surface area (Å²) >= 11 is 5.35. The zero-order valence-electron chi connectivity index (χ0n) is 17.3. The van der Waals surface area contributed by atoms with Crippen molar-refractivity contribution in [1.29, 1.82) is 0 Å². The van der Waals surface area contributed by atoms with Crippen molar-refractivity contribution in [2.24, 2.45) is 0 Å². The summed E-state index contributed by atoms with van der Waals surface area (Å²) in [5.74, 6) is 1.20. The van der Waals surface area contributed by atoms with Gasteiger partial charge in [-0.25, -0.2) is 8.42 Å². The van der Waals surface area contributed by atoms with Crippen LogP contribution in [0.3, 0.4) is 0 Å². The van der Waals surface area contributed by atoms with Crippen molar-refractivity contribution < 1.29 is 17.9 Å². The molecular weight excluding hydrogens is 434 g/mol. The SMILES string of the molecule is COc1ccc(NC(=S)Nc2ccc(NS(=O)(=O)c3ccc(C)cc3)cc2)cc1OC. The van der Waals surface area contributed by atoms with Crippen molar-refractivity contribution in [2.75, 3.05) is 29.6 Å². The molecule has 3 aromatic carbocycles. The number of ether oxygens (including phenoxy) is 2. The maximum Gasteiger partial charge on any atom is 0.261 e. The van der Waals surface area contributed by atoms with Crippen molar-refractivity contribution in [3.05, 3.63) is 72.3 Å². The van der Waals surface area contributed by atoms with Crippen LogP contribution in [0.4, 0.5) is 17.1 Å². The van der Waals surface area contributed by atoms with Crippen LogP contribution in [0.1, 0.15) is 5.56 Å². The number of hydrogen-bond donors (Lipinski definition) is 3. The highest BCUT2D eigenvalue weighted by molar-refractivity contribution is 7.92. The van der Waals surface area contributed by atoms with E-state index >= 15 is 0 Å². The molecule has 0 aromatic heterocycles. The fraction of sp³-hybridized carbons (Fsp3) is 0.136. The fourth-order valence-electron chi connectivity index (χ4n) is 2.76. The molecule has 9 heteroatoms. The topological polar surface area (TPSA) is 88.7 Å². The van der Waals surface area contributed by atoms with Gasteiger partial charge in [0.1, 0.15) is 0 Å². The Labute approximate surface area is 187 Å². The number of nitrogens with one attached hydrogen (secondary N) is 3. The molecule has 0 aliphatic carbocycles. The third-order valence-electron chi connectivity index (χ3n) is 4.37. The van der Waals surface area contributed by atoms with Crippen LogP contribution in [-0.4, -0.2) is 27.7 Å². The Morgan fingerprint density at radius 3 is 1.94 bits per heavy atom. The van der Waals surface area contributed by atoms with Crippen LogP contribution < -0.4 is 24.8 Å². The van der Waals surface area contributed by atoms with Gasteiger partial charge in [0.25, 0.3) is 10.0 Å². The van der Waals surface area contributed by atoms with E-state index in [2.05, 4.69) is 15.4 Å². The van der Waals surface area contributed by atoms with E-state index in [0.29, 0.717) is 28.0 Å². The van der Waals surface area contributed by atoms with Gasteiger partial charge in [-0.15, -0.1) is 0 Å². The zero-order valence-corrected chi connectivity index (χ0v) is 18.9. The van der Waals surface area contributed by atoms with Crippen LogP contribution in [0.2, 0.25) is 0 Å². The number of aryl methyl sites for hydroxylation is 1. The molecule has 0 aliphatic heterocycles. The molecule has 3 rings (SSSR count). The predicted octanol–water partition coefficient (Wildman–Crippen LogP) is 4.62. The van der Waals surface area contributed by atoms with E-state index in [0.717, 1.165) is 11.3 Å². The smallest absolute Gasteiger partial charge is 0.261 e. The lowest BCUT2D eigenvalue weighted by Crippen LogP contribution is -2.19. The van der Waals surface area contributed by atoms with Gasteiger partial charge in [-0.05, 0) is 67.7 Å². The largest absolute Gasteiger partial charge is 0.493 e. The number of sulfonamides is 1. The van der Waals surface area contributed by atoms with Crippen LogP contribution in [0, 0.1) is 6.92 Å². The lowest BCUT2D eigenvalue weighted by molar-refractivity contribution is 0.355. The molecule has 0 aliphatic rings. The number of methoxy groups -OCH3 is 2. The van der Waals surface area contributed by atoms with Crippen molar-refractivity contribution >= 4 is 44.4 Å². The van der Waals surface area contributed by atoms with Gasteiger partial charge in [-0.3, -0.25) is 4.72 Å². The molecule has 0 radical (unpaired) electrons. The number of benzene rings is 3. The van der Waals surface area contributed by atoms with E-state index in [4.69, 9.17) is 21.7 Å². The second-order valence-corrected chi connectivity index (χ2v) is 8.74. The molecule has 0 heterocycles. The van der Waals surface area contributed by atoms with Gasteiger partial charge in [-0.1, -0.05) is 17.7 Å². The third-order valence-corrected chi connectivity index (χ3v) is 5.97. The van der Waals surface area contributed by atoms with Crippen molar-refractivity contribution in [2.45, 2.75) is 11.8 Å².